The van der Waals surface area contributed by atoms with Gasteiger partial charge < -0.3 is 24.8 Å². The van der Waals surface area contributed by atoms with Gasteiger partial charge in [-0.05, 0) is 19.8 Å². The van der Waals surface area contributed by atoms with Crippen molar-refractivity contribution in [2.45, 2.75) is 46.5 Å². The molecule has 0 amide bonds. The molecule has 0 aliphatic heterocycles. The van der Waals surface area contributed by atoms with Gasteiger partial charge in [0.25, 0.3) is 0 Å². The molecule has 0 bridgehead atoms. The summed E-state index contributed by atoms with van der Waals surface area (Å²) in [6.07, 6.45) is 0.998. The standard InChI is InChI=1S/C16H28O8/c1-15(2,11-24-14(22)16(3,8-17)9-18)10-23-13(21)7-5-4-6-12(19)20/h17-18H,4-11H2,1-3H3,(H,19,20). The van der Waals surface area contributed by atoms with Crippen molar-refractivity contribution in [3.63, 3.8) is 0 Å². The molecule has 0 spiro atoms. The molecule has 0 saturated heterocycles. The van der Waals surface area contributed by atoms with E-state index in [0.717, 1.165) is 0 Å². The fraction of sp³-hybridized carbons (Fsp3) is 0.812. The van der Waals surface area contributed by atoms with Gasteiger partial charge in [-0.3, -0.25) is 14.4 Å². The molecule has 0 rings (SSSR count). The molecule has 0 saturated carbocycles. The molecule has 8 nitrogen and oxygen atoms in total. The molecule has 0 heterocycles. The Morgan fingerprint density at radius 1 is 0.875 bits per heavy atom. The molecule has 8 heteroatoms. The number of carboxylic acid groups (broad SMARTS) is 1. The van der Waals surface area contributed by atoms with Crippen molar-refractivity contribution in [1.82, 2.24) is 0 Å². The molecule has 0 aliphatic carbocycles. The summed E-state index contributed by atoms with van der Waals surface area (Å²) in [7, 11) is 0. The van der Waals surface area contributed by atoms with Gasteiger partial charge in [0.2, 0.25) is 0 Å². The van der Waals surface area contributed by atoms with Crippen LogP contribution in [0.5, 0.6) is 0 Å². The summed E-state index contributed by atoms with van der Waals surface area (Å²) in [6, 6.07) is 0. The number of unbranched alkanes of at least 4 members (excludes halogenated alkanes) is 1. The Kier molecular flexibility index (Phi) is 9.53. The van der Waals surface area contributed by atoms with Gasteiger partial charge in [-0.15, -0.1) is 0 Å². The monoisotopic (exact) mass is 348 g/mol. The number of hydrogen-bond donors (Lipinski definition) is 3. The highest BCUT2D eigenvalue weighted by Gasteiger charge is 2.35. The number of esters is 2. The van der Waals surface area contributed by atoms with Crippen molar-refractivity contribution >= 4 is 17.9 Å². The third kappa shape index (κ3) is 8.83. The maximum absolute atomic E-state index is 11.8. The van der Waals surface area contributed by atoms with Crippen molar-refractivity contribution in [2.24, 2.45) is 10.8 Å². The molecular weight excluding hydrogens is 320 g/mol. The number of hydrogen-bond acceptors (Lipinski definition) is 7. The van der Waals surface area contributed by atoms with E-state index in [0.29, 0.717) is 12.8 Å². The summed E-state index contributed by atoms with van der Waals surface area (Å²) in [5.41, 5.74) is -1.99. The van der Waals surface area contributed by atoms with Crippen LogP contribution in [0.1, 0.15) is 46.5 Å². The molecule has 0 aromatic heterocycles. The molecule has 0 fully saturated rings. The van der Waals surface area contributed by atoms with Crippen LogP contribution >= 0.6 is 0 Å². The second kappa shape index (κ2) is 10.2. The first-order valence-corrected chi connectivity index (χ1v) is 7.83. The predicted molar refractivity (Wildman–Crippen MR) is 84.1 cm³/mol. The Morgan fingerprint density at radius 3 is 1.88 bits per heavy atom. The van der Waals surface area contributed by atoms with Gasteiger partial charge in [0, 0.05) is 18.3 Å². The summed E-state index contributed by atoms with van der Waals surface area (Å²) < 4.78 is 10.2. The Hall–Kier alpha value is -1.67. The van der Waals surface area contributed by atoms with Crippen LogP contribution in [0.2, 0.25) is 0 Å². The maximum atomic E-state index is 11.8. The maximum Gasteiger partial charge on any atom is 0.316 e. The molecule has 0 aromatic carbocycles. The lowest BCUT2D eigenvalue weighted by atomic mass is 9.92. The zero-order valence-corrected chi connectivity index (χ0v) is 14.5. The molecule has 0 radical (unpaired) electrons. The first-order chi connectivity index (χ1) is 11.1. The van der Waals surface area contributed by atoms with E-state index in [1.165, 1.54) is 6.92 Å². The van der Waals surface area contributed by atoms with E-state index in [2.05, 4.69) is 0 Å². The second-order valence-corrected chi connectivity index (χ2v) is 6.88. The van der Waals surface area contributed by atoms with Gasteiger partial charge in [0.1, 0.15) is 5.41 Å². The number of rotatable bonds is 12. The molecule has 24 heavy (non-hydrogen) atoms. The molecule has 140 valence electrons. The van der Waals surface area contributed by atoms with E-state index in [1.54, 1.807) is 13.8 Å². The SMILES string of the molecule is CC(C)(COC(=O)CCCCC(=O)O)COC(=O)C(C)(CO)CO. The Labute approximate surface area is 141 Å². The fourth-order valence-electron chi connectivity index (χ4n) is 1.55. The number of carbonyl (C=O) groups is 3. The van der Waals surface area contributed by atoms with Gasteiger partial charge in [-0.25, -0.2) is 0 Å². The zero-order chi connectivity index (χ0) is 18.8. The molecule has 0 aromatic rings. The van der Waals surface area contributed by atoms with Crippen LogP contribution in [0.3, 0.4) is 0 Å². The van der Waals surface area contributed by atoms with E-state index in [1.807, 2.05) is 0 Å². The van der Waals surface area contributed by atoms with Gasteiger partial charge >= 0.3 is 17.9 Å². The summed E-state index contributed by atoms with van der Waals surface area (Å²) in [5, 5.41) is 26.8. The topological polar surface area (TPSA) is 130 Å². The van der Waals surface area contributed by atoms with Crippen molar-refractivity contribution in [3.05, 3.63) is 0 Å². The number of ether oxygens (including phenoxy) is 2. The number of aliphatic carboxylic acids is 1. The quantitative estimate of drug-likeness (QED) is 0.348. The van der Waals surface area contributed by atoms with Crippen molar-refractivity contribution in [2.75, 3.05) is 26.4 Å². The lowest BCUT2D eigenvalue weighted by molar-refractivity contribution is -0.165. The third-order valence-corrected chi connectivity index (χ3v) is 3.43. The Bertz CT molecular complexity index is 426. The molecular formula is C16H28O8. The van der Waals surface area contributed by atoms with Crippen molar-refractivity contribution in [1.29, 1.82) is 0 Å². The van der Waals surface area contributed by atoms with Gasteiger partial charge in [0.15, 0.2) is 0 Å². The van der Waals surface area contributed by atoms with Crippen LogP contribution in [-0.4, -0.2) is 59.7 Å². The van der Waals surface area contributed by atoms with E-state index in [-0.39, 0.29) is 26.1 Å². The highest BCUT2D eigenvalue weighted by molar-refractivity contribution is 5.76. The summed E-state index contributed by atoms with van der Waals surface area (Å²) >= 11 is 0. The van der Waals surface area contributed by atoms with Gasteiger partial charge in [0.05, 0.1) is 26.4 Å². The number of aliphatic hydroxyl groups is 2. The smallest absolute Gasteiger partial charge is 0.316 e. The van der Waals surface area contributed by atoms with E-state index in [9.17, 15) is 14.4 Å². The van der Waals surface area contributed by atoms with Crippen LogP contribution in [0.25, 0.3) is 0 Å². The highest BCUT2D eigenvalue weighted by atomic mass is 16.5. The normalized spacial score (nSPS) is 11.9. The largest absolute Gasteiger partial charge is 0.481 e. The summed E-state index contributed by atoms with van der Waals surface area (Å²) in [4.78, 5) is 33.8. The van der Waals surface area contributed by atoms with Crippen LogP contribution in [-0.2, 0) is 23.9 Å². The minimum Gasteiger partial charge on any atom is -0.481 e. The Balaban J connectivity index is 4.15. The minimum atomic E-state index is -1.36. The van der Waals surface area contributed by atoms with Crippen LogP contribution in [0.15, 0.2) is 0 Å². The van der Waals surface area contributed by atoms with Crippen molar-refractivity contribution < 1.29 is 39.2 Å². The number of aliphatic hydroxyl groups excluding tert-OH is 2. The molecule has 3 N–H and O–H groups in total. The third-order valence-electron chi connectivity index (χ3n) is 3.43. The van der Waals surface area contributed by atoms with E-state index in [4.69, 9.17) is 24.8 Å². The average Bonchev–Trinajstić information content (AvgIpc) is 2.54. The molecule has 0 atom stereocenters. The lowest BCUT2D eigenvalue weighted by Crippen LogP contribution is -2.39. The molecule has 0 aliphatic rings. The lowest BCUT2D eigenvalue weighted by Gasteiger charge is -2.27. The summed E-state index contributed by atoms with van der Waals surface area (Å²) in [5.74, 6) is -2.06. The van der Waals surface area contributed by atoms with E-state index < -0.39 is 42.0 Å². The predicted octanol–water partition coefficient (Wildman–Crippen LogP) is 0.735. The number of carboxylic acids is 1. The molecule has 0 unspecified atom stereocenters. The number of carbonyl (C=O) groups excluding carboxylic acids is 2. The van der Waals surface area contributed by atoms with Crippen molar-refractivity contribution in [3.8, 4) is 0 Å². The Morgan fingerprint density at radius 2 is 1.38 bits per heavy atom. The average molecular weight is 348 g/mol. The minimum absolute atomic E-state index is 0.0171. The van der Waals surface area contributed by atoms with Crippen LogP contribution in [0.4, 0.5) is 0 Å². The first kappa shape index (κ1) is 22.3. The van der Waals surface area contributed by atoms with Gasteiger partial charge in [-0.2, -0.15) is 0 Å². The first-order valence-electron chi connectivity index (χ1n) is 7.83. The second-order valence-electron chi connectivity index (χ2n) is 6.88. The summed E-state index contributed by atoms with van der Waals surface area (Å²) in [6.45, 7) is 3.81. The van der Waals surface area contributed by atoms with Crippen LogP contribution in [0, 0.1) is 10.8 Å². The fourth-order valence-corrected chi connectivity index (χ4v) is 1.55. The van der Waals surface area contributed by atoms with Crippen LogP contribution < -0.4 is 0 Å². The highest BCUT2D eigenvalue weighted by Crippen LogP contribution is 2.21. The zero-order valence-electron chi connectivity index (χ0n) is 14.5. The van der Waals surface area contributed by atoms with E-state index >= 15 is 0 Å². The van der Waals surface area contributed by atoms with Gasteiger partial charge in [-0.1, -0.05) is 13.8 Å².